The molecule has 1 amide bonds. The van der Waals surface area contributed by atoms with E-state index >= 15 is 0 Å². The van der Waals surface area contributed by atoms with E-state index in [2.05, 4.69) is 27.1 Å². The van der Waals surface area contributed by atoms with Crippen LogP contribution in [0.25, 0.3) is 10.2 Å². The molecule has 2 aromatic heterocycles. The molecule has 2 fully saturated rings. The van der Waals surface area contributed by atoms with Gasteiger partial charge in [0, 0.05) is 24.0 Å². The zero-order valence-corrected chi connectivity index (χ0v) is 17.3. The number of hydrogen-bond acceptors (Lipinski definition) is 6. The normalized spacial score (nSPS) is 28.3. The van der Waals surface area contributed by atoms with Crippen LogP contribution in [0, 0.1) is 0 Å². The van der Waals surface area contributed by atoms with Crippen molar-refractivity contribution in [1.29, 1.82) is 0 Å². The SMILES string of the molecule is CC[C@H]1CCc2sc3ncnc(OC4CCC(N5CCNC(=O)C5)CC4)c3c21. The first-order valence-electron chi connectivity index (χ1n) is 10.7. The van der Waals surface area contributed by atoms with Crippen molar-refractivity contribution >= 4 is 27.5 Å². The molecule has 0 radical (unpaired) electrons. The molecule has 3 aliphatic rings. The molecule has 1 N–H and O–H groups in total. The lowest BCUT2D eigenvalue weighted by Gasteiger charge is -2.38. The molecule has 5 rings (SSSR count). The number of carbonyl (C=O) groups excluding carboxylic acids is 1. The Bertz CT molecular complexity index is 875. The third-order valence-corrected chi connectivity index (χ3v) is 7.87. The highest BCUT2D eigenvalue weighted by atomic mass is 32.1. The fourth-order valence-corrected chi connectivity index (χ4v) is 6.43. The minimum Gasteiger partial charge on any atom is -0.474 e. The summed E-state index contributed by atoms with van der Waals surface area (Å²) < 4.78 is 6.46. The highest BCUT2D eigenvalue weighted by molar-refractivity contribution is 7.19. The second-order valence-electron chi connectivity index (χ2n) is 8.31. The Morgan fingerprint density at radius 1 is 1.25 bits per heavy atom. The monoisotopic (exact) mass is 400 g/mol. The number of piperazine rings is 1. The molecule has 1 atom stereocenters. The summed E-state index contributed by atoms with van der Waals surface area (Å²) in [6, 6.07) is 0.506. The van der Waals surface area contributed by atoms with Gasteiger partial charge in [0.15, 0.2) is 0 Å². The Morgan fingerprint density at radius 2 is 2.11 bits per heavy atom. The average molecular weight is 401 g/mol. The Labute approximate surface area is 169 Å². The summed E-state index contributed by atoms with van der Waals surface area (Å²) in [5.74, 6) is 1.58. The lowest BCUT2D eigenvalue weighted by atomic mass is 9.91. The van der Waals surface area contributed by atoms with Crippen molar-refractivity contribution in [2.75, 3.05) is 19.6 Å². The van der Waals surface area contributed by atoms with Gasteiger partial charge in [0.1, 0.15) is 17.3 Å². The standard InChI is InChI=1S/C21H28N4O2S/c1-2-13-3-8-16-18(13)19-20(23-12-24-21(19)28-16)27-15-6-4-14(5-7-15)25-10-9-22-17(26)11-25/h12-15H,2-11H2,1H3,(H,22,26)/t13-,14?,15?/m0/s1. The molecule has 2 aliphatic carbocycles. The number of aromatic nitrogens is 2. The van der Waals surface area contributed by atoms with Crippen LogP contribution < -0.4 is 10.1 Å². The first-order valence-corrected chi connectivity index (χ1v) is 11.5. The molecule has 1 saturated heterocycles. The molecule has 1 saturated carbocycles. The Balaban J connectivity index is 1.30. The van der Waals surface area contributed by atoms with Crippen LogP contribution in [0.5, 0.6) is 5.88 Å². The van der Waals surface area contributed by atoms with Crippen LogP contribution in [-0.4, -0.2) is 52.6 Å². The minimum atomic E-state index is 0.157. The molecular formula is C21H28N4O2S. The fraction of sp³-hybridized carbons (Fsp3) is 0.667. The van der Waals surface area contributed by atoms with E-state index in [1.807, 2.05) is 11.3 Å². The summed E-state index contributed by atoms with van der Waals surface area (Å²) >= 11 is 1.83. The molecule has 0 spiro atoms. The third-order valence-electron chi connectivity index (χ3n) is 6.69. The number of nitrogens with one attached hydrogen (secondary N) is 1. The van der Waals surface area contributed by atoms with E-state index in [0.29, 0.717) is 18.5 Å². The predicted molar refractivity (Wildman–Crippen MR) is 110 cm³/mol. The fourth-order valence-electron chi connectivity index (χ4n) is 5.19. The minimum absolute atomic E-state index is 0.157. The molecule has 1 aliphatic heterocycles. The van der Waals surface area contributed by atoms with E-state index in [4.69, 9.17) is 4.74 Å². The van der Waals surface area contributed by atoms with Gasteiger partial charge in [-0.1, -0.05) is 6.92 Å². The van der Waals surface area contributed by atoms with Crippen molar-refractivity contribution in [3.63, 3.8) is 0 Å². The van der Waals surface area contributed by atoms with E-state index in [0.717, 1.165) is 49.5 Å². The Hall–Kier alpha value is -1.73. The lowest BCUT2D eigenvalue weighted by Crippen LogP contribution is -2.52. The van der Waals surface area contributed by atoms with Gasteiger partial charge < -0.3 is 10.1 Å². The highest BCUT2D eigenvalue weighted by Gasteiger charge is 2.32. The molecule has 6 nitrogen and oxygen atoms in total. The molecular weight excluding hydrogens is 372 g/mol. The molecule has 0 bridgehead atoms. The second-order valence-corrected chi connectivity index (χ2v) is 9.39. The van der Waals surface area contributed by atoms with Crippen molar-refractivity contribution in [3.8, 4) is 5.88 Å². The summed E-state index contributed by atoms with van der Waals surface area (Å²) in [6.45, 7) is 4.56. The number of nitrogens with zero attached hydrogens (tertiary/aromatic N) is 3. The van der Waals surface area contributed by atoms with Gasteiger partial charge in [-0.05, 0) is 56.4 Å². The number of aryl methyl sites for hydroxylation is 1. The maximum Gasteiger partial charge on any atom is 0.234 e. The van der Waals surface area contributed by atoms with Gasteiger partial charge in [-0.25, -0.2) is 9.97 Å². The molecule has 0 unspecified atom stereocenters. The molecule has 7 heteroatoms. The van der Waals surface area contributed by atoms with E-state index in [1.54, 1.807) is 6.33 Å². The Kier molecular flexibility index (Phi) is 4.97. The average Bonchev–Trinajstić information content (AvgIpc) is 3.28. The summed E-state index contributed by atoms with van der Waals surface area (Å²) in [7, 11) is 0. The number of ether oxygens (including phenoxy) is 1. The van der Waals surface area contributed by atoms with Crippen LogP contribution in [0.1, 0.15) is 61.8 Å². The third kappa shape index (κ3) is 3.28. The first-order chi connectivity index (χ1) is 13.7. The highest BCUT2D eigenvalue weighted by Crippen LogP contribution is 2.47. The van der Waals surface area contributed by atoms with Crippen LogP contribution in [0.3, 0.4) is 0 Å². The number of hydrogen-bond donors (Lipinski definition) is 1. The van der Waals surface area contributed by atoms with Gasteiger partial charge in [-0.15, -0.1) is 11.3 Å². The zero-order valence-electron chi connectivity index (χ0n) is 16.4. The molecule has 150 valence electrons. The number of fused-ring (bicyclic) bond motifs is 3. The molecule has 2 aromatic rings. The van der Waals surface area contributed by atoms with Crippen molar-refractivity contribution < 1.29 is 9.53 Å². The van der Waals surface area contributed by atoms with Crippen molar-refractivity contribution in [2.45, 2.75) is 69.9 Å². The maximum atomic E-state index is 11.7. The number of carbonyl (C=O) groups is 1. The maximum absolute atomic E-state index is 11.7. The lowest BCUT2D eigenvalue weighted by molar-refractivity contribution is -0.125. The van der Waals surface area contributed by atoms with Gasteiger partial charge in [-0.3, -0.25) is 9.69 Å². The van der Waals surface area contributed by atoms with Crippen molar-refractivity contribution in [1.82, 2.24) is 20.2 Å². The van der Waals surface area contributed by atoms with Crippen molar-refractivity contribution in [3.05, 3.63) is 16.8 Å². The van der Waals surface area contributed by atoms with Crippen LogP contribution in [0.2, 0.25) is 0 Å². The molecule has 0 aromatic carbocycles. The van der Waals surface area contributed by atoms with Crippen LogP contribution in [0.15, 0.2) is 6.33 Å². The number of amides is 1. The van der Waals surface area contributed by atoms with E-state index in [1.165, 1.54) is 35.1 Å². The topological polar surface area (TPSA) is 67.4 Å². The van der Waals surface area contributed by atoms with Gasteiger partial charge >= 0.3 is 0 Å². The summed E-state index contributed by atoms with van der Waals surface area (Å²) in [4.78, 5) is 25.7. The summed E-state index contributed by atoms with van der Waals surface area (Å²) in [5, 5.41) is 4.10. The van der Waals surface area contributed by atoms with Gasteiger partial charge in [0.05, 0.1) is 11.9 Å². The number of rotatable bonds is 4. The van der Waals surface area contributed by atoms with E-state index in [-0.39, 0.29) is 12.0 Å². The largest absolute Gasteiger partial charge is 0.474 e. The van der Waals surface area contributed by atoms with Crippen LogP contribution in [0.4, 0.5) is 0 Å². The van der Waals surface area contributed by atoms with Gasteiger partial charge in [0.25, 0.3) is 0 Å². The molecule has 3 heterocycles. The van der Waals surface area contributed by atoms with Crippen LogP contribution in [-0.2, 0) is 11.2 Å². The number of thiophene rings is 1. The summed E-state index contributed by atoms with van der Waals surface area (Å²) in [6.07, 6.45) is 9.68. The van der Waals surface area contributed by atoms with Gasteiger partial charge in [0.2, 0.25) is 11.8 Å². The van der Waals surface area contributed by atoms with E-state index < -0.39 is 0 Å². The Morgan fingerprint density at radius 3 is 2.89 bits per heavy atom. The van der Waals surface area contributed by atoms with Gasteiger partial charge in [-0.2, -0.15) is 0 Å². The predicted octanol–water partition coefficient (Wildman–Crippen LogP) is 3.25. The second kappa shape index (κ2) is 7.59. The van der Waals surface area contributed by atoms with Crippen molar-refractivity contribution in [2.24, 2.45) is 0 Å². The van der Waals surface area contributed by atoms with Crippen LogP contribution >= 0.6 is 11.3 Å². The van der Waals surface area contributed by atoms with E-state index in [9.17, 15) is 4.79 Å². The quantitative estimate of drug-likeness (QED) is 0.853. The zero-order chi connectivity index (χ0) is 19.1. The summed E-state index contributed by atoms with van der Waals surface area (Å²) in [5.41, 5.74) is 1.46. The smallest absolute Gasteiger partial charge is 0.234 e. The first kappa shape index (κ1) is 18.3. The molecule has 28 heavy (non-hydrogen) atoms.